The summed E-state index contributed by atoms with van der Waals surface area (Å²) < 4.78 is 6.56. The molecular formula is C49H29N3O. The highest BCUT2D eigenvalue weighted by Gasteiger charge is 2.18. The lowest BCUT2D eigenvalue weighted by Crippen LogP contribution is -2.00. The first-order chi connectivity index (χ1) is 26.3. The molecule has 11 rings (SSSR count). The molecule has 0 spiro atoms. The summed E-state index contributed by atoms with van der Waals surface area (Å²) in [6, 6.07) is 61.6. The molecule has 0 aliphatic rings. The van der Waals surface area contributed by atoms with E-state index in [1.807, 2.05) is 66.7 Å². The number of rotatable bonds is 4. The van der Waals surface area contributed by atoms with E-state index >= 15 is 0 Å². The maximum absolute atomic E-state index is 6.56. The number of aromatic nitrogens is 3. The molecule has 53 heavy (non-hydrogen) atoms. The minimum Gasteiger partial charge on any atom is -0.455 e. The Morgan fingerprint density at radius 1 is 0.321 bits per heavy atom. The second-order valence-electron chi connectivity index (χ2n) is 13.5. The summed E-state index contributed by atoms with van der Waals surface area (Å²) in [5, 5.41) is 11.7. The van der Waals surface area contributed by atoms with Gasteiger partial charge in [-0.15, -0.1) is 0 Å². The maximum Gasteiger partial charge on any atom is 0.164 e. The highest BCUT2D eigenvalue weighted by molar-refractivity contribution is 6.29. The zero-order valence-electron chi connectivity index (χ0n) is 28.5. The lowest BCUT2D eigenvalue weighted by molar-refractivity contribution is 0.673. The van der Waals surface area contributed by atoms with Crippen molar-refractivity contribution >= 4 is 65.0 Å². The fraction of sp³-hybridized carbons (Fsp3) is 0. The molecular weight excluding hydrogens is 647 g/mol. The predicted molar refractivity (Wildman–Crippen MR) is 219 cm³/mol. The lowest BCUT2D eigenvalue weighted by atomic mass is 9.91. The minimum atomic E-state index is 0.647. The molecule has 0 atom stereocenters. The van der Waals surface area contributed by atoms with Crippen molar-refractivity contribution in [1.82, 2.24) is 15.0 Å². The van der Waals surface area contributed by atoms with E-state index in [-0.39, 0.29) is 0 Å². The van der Waals surface area contributed by atoms with Crippen molar-refractivity contribution in [2.24, 2.45) is 0 Å². The van der Waals surface area contributed by atoms with E-state index in [1.54, 1.807) is 0 Å². The van der Waals surface area contributed by atoms with Gasteiger partial charge in [-0.2, -0.15) is 0 Å². The molecule has 246 valence electrons. The first-order valence-electron chi connectivity index (χ1n) is 17.9. The Labute approximate surface area is 304 Å². The van der Waals surface area contributed by atoms with Crippen LogP contribution < -0.4 is 0 Å². The number of para-hydroxylation sites is 1. The van der Waals surface area contributed by atoms with Gasteiger partial charge in [-0.05, 0) is 67.7 Å². The van der Waals surface area contributed by atoms with Crippen LogP contribution in [0.25, 0.3) is 110 Å². The van der Waals surface area contributed by atoms with E-state index in [2.05, 4.69) is 109 Å². The van der Waals surface area contributed by atoms with Gasteiger partial charge >= 0.3 is 0 Å². The molecule has 0 saturated heterocycles. The molecule has 0 amide bonds. The summed E-state index contributed by atoms with van der Waals surface area (Å²) >= 11 is 0. The third-order valence-corrected chi connectivity index (χ3v) is 10.5. The minimum absolute atomic E-state index is 0.647. The molecule has 11 aromatic rings. The molecule has 2 aromatic heterocycles. The fourth-order valence-corrected chi connectivity index (χ4v) is 7.99. The Morgan fingerprint density at radius 2 is 0.849 bits per heavy atom. The van der Waals surface area contributed by atoms with Gasteiger partial charge in [-0.25, -0.2) is 15.0 Å². The van der Waals surface area contributed by atoms with E-state index in [9.17, 15) is 0 Å². The topological polar surface area (TPSA) is 51.8 Å². The summed E-state index contributed by atoms with van der Waals surface area (Å²) in [6.45, 7) is 0. The molecule has 0 N–H and O–H groups in total. The Morgan fingerprint density at radius 3 is 1.57 bits per heavy atom. The smallest absolute Gasteiger partial charge is 0.164 e. The van der Waals surface area contributed by atoms with Gasteiger partial charge in [0.05, 0.1) is 0 Å². The van der Waals surface area contributed by atoms with Gasteiger partial charge in [0, 0.05) is 38.2 Å². The Balaban J connectivity index is 1.10. The van der Waals surface area contributed by atoms with Crippen molar-refractivity contribution < 1.29 is 4.42 Å². The van der Waals surface area contributed by atoms with Gasteiger partial charge in [-0.1, -0.05) is 152 Å². The summed E-state index contributed by atoms with van der Waals surface area (Å²) in [6.07, 6.45) is 0. The third-order valence-electron chi connectivity index (χ3n) is 10.5. The monoisotopic (exact) mass is 675 g/mol. The average Bonchev–Trinajstić information content (AvgIpc) is 3.62. The number of fused-ring (bicyclic) bond motifs is 10. The molecule has 4 heteroatoms. The quantitative estimate of drug-likeness (QED) is 0.174. The normalized spacial score (nSPS) is 11.8. The van der Waals surface area contributed by atoms with Crippen molar-refractivity contribution in [3.05, 3.63) is 176 Å². The standard InChI is InChI=1S/C49H29N3O/c1-3-11-32(12-4-1)47-50-48(33-13-5-2-6-14-33)52-49(51-47)42-28-27-36(38-15-7-8-16-39(38)42)34-24-25-37-35(29-34)22-21-30-19-20-31-23-26-41-40-17-9-10-18-43(40)53-46(41)45(31)44(30)37/h1-29H. The Bertz CT molecular complexity index is 3160. The third kappa shape index (κ3) is 4.73. The molecule has 0 bridgehead atoms. The first kappa shape index (κ1) is 29.5. The van der Waals surface area contributed by atoms with E-state index in [0.717, 1.165) is 65.9 Å². The van der Waals surface area contributed by atoms with E-state index in [1.165, 1.54) is 26.9 Å². The van der Waals surface area contributed by atoms with Gasteiger partial charge in [0.25, 0.3) is 0 Å². The van der Waals surface area contributed by atoms with Crippen molar-refractivity contribution in [2.75, 3.05) is 0 Å². The average molecular weight is 676 g/mol. The van der Waals surface area contributed by atoms with Gasteiger partial charge in [0.2, 0.25) is 0 Å². The van der Waals surface area contributed by atoms with Crippen LogP contribution in [0.15, 0.2) is 180 Å². The zero-order valence-corrected chi connectivity index (χ0v) is 28.5. The molecule has 0 saturated carbocycles. The van der Waals surface area contributed by atoms with Crippen LogP contribution in [0.4, 0.5) is 0 Å². The summed E-state index contributed by atoms with van der Waals surface area (Å²) in [4.78, 5) is 15.0. The first-order valence-corrected chi connectivity index (χ1v) is 17.9. The fourth-order valence-electron chi connectivity index (χ4n) is 7.99. The van der Waals surface area contributed by atoms with Crippen LogP contribution in [0.2, 0.25) is 0 Å². The van der Waals surface area contributed by atoms with Crippen molar-refractivity contribution in [3.63, 3.8) is 0 Å². The lowest BCUT2D eigenvalue weighted by Gasteiger charge is -2.14. The molecule has 0 unspecified atom stereocenters. The number of furan rings is 1. The largest absolute Gasteiger partial charge is 0.455 e. The van der Waals surface area contributed by atoms with E-state index in [0.29, 0.717) is 17.5 Å². The number of hydrogen-bond acceptors (Lipinski definition) is 4. The predicted octanol–water partition coefficient (Wildman–Crippen LogP) is 13.1. The van der Waals surface area contributed by atoms with E-state index in [4.69, 9.17) is 19.4 Å². The Kier molecular flexibility index (Phi) is 6.52. The molecule has 4 nitrogen and oxygen atoms in total. The maximum atomic E-state index is 6.56. The van der Waals surface area contributed by atoms with Crippen LogP contribution in [-0.2, 0) is 0 Å². The number of benzene rings is 9. The van der Waals surface area contributed by atoms with Gasteiger partial charge in [0.15, 0.2) is 17.5 Å². The van der Waals surface area contributed by atoms with Gasteiger partial charge in [-0.3, -0.25) is 0 Å². The van der Waals surface area contributed by atoms with Crippen molar-refractivity contribution in [1.29, 1.82) is 0 Å². The van der Waals surface area contributed by atoms with Gasteiger partial charge < -0.3 is 4.42 Å². The molecule has 2 heterocycles. The van der Waals surface area contributed by atoms with Crippen LogP contribution >= 0.6 is 0 Å². The van der Waals surface area contributed by atoms with E-state index < -0.39 is 0 Å². The molecule has 0 radical (unpaired) electrons. The van der Waals surface area contributed by atoms with Gasteiger partial charge in [0.1, 0.15) is 11.2 Å². The van der Waals surface area contributed by atoms with Crippen LogP contribution in [-0.4, -0.2) is 15.0 Å². The second-order valence-corrected chi connectivity index (χ2v) is 13.5. The van der Waals surface area contributed by atoms with Crippen LogP contribution in [0.5, 0.6) is 0 Å². The number of hydrogen-bond donors (Lipinski definition) is 0. The molecule has 0 aliphatic heterocycles. The van der Waals surface area contributed by atoms with Crippen LogP contribution in [0, 0.1) is 0 Å². The molecule has 9 aromatic carbocycles. The van der Waals surface area contributed by atoms with Crippen LogP contribution in [0.1, 0.15) is 0 Å². The highest BCUT2D eigenvalue weighted by atomic mass is 16.3. The molecule has 0 aliphatic carbocycles. The van der Waals surface area contributed by atoms with Crippen LogP contribution in [0.3, 0.4) is 0 Å². The summed E-state index contributed by atoms with van der Waals surface area (Å²) in [5.41, 5.74) is 7.03. The zero-order chi connectivity index (χ0) is 34.9. The van der Waals surface area contributed by atoms with Crippen molar-refractivity contribution in [2.45, 2.75) is 0 Å². The Hall–Kier alpha value is -7.17. The summed E-state index contributed by atoms with van der Waals surface area (Å²) in [7, 11) is 0. The number of nitrogens with zero attached hydrogens (tertiary/aromatic N) is 3. The SMILES string of the molecule is c1ccc(-c2nc(-c3ccccc3)nc(-c3ccc(-c4ccc5c(ccc6ccc7ccc8c9ccccc9oc8c7c65)c4)c4ccccc34)n2)cc1. The molecule has 0 fully saturated rings. The van der Waals surface area contributed by atoms with Crippen molar-refractivity contribution in [3.8, 4) is 45.3 Å². The summed E-state index contributed by atoms with van der Waals surface area (Å²) in [5.74, 6) is 1.95. The second kappa shape index (κ2) is 11.7. The highest BCUT2D eigenvalue weighted by Crippen LogP contribution is 2.42.